The van der Waals surface area contributed by atoms with E-state index in [1.165, 1.54) is 0 Å². The summed E-state index contributed by atoms with van der Waals surface area (Å²) in [5, 5.41) is 0. The average Bonchev–Trinajstić information content (AvgIpc) is 2.15. The Morgan fingerprint density at radius 3 is 2.54 bits per heavy atom. The molecule has 1 aliphatic rings. The fourth-order valence-corrected chi connectivity index (χ4v) is 1.22. The van der Waals surface area contributed by atoms with Gasteiger partial charge >= 0.3 is 0 Å². The highest BCUT2D eigenvalue weighted by Gasteiger charge is 2.10. The summed E-state index contributed by atoms with van der Waals surface area (Å²) in [6, 6.07) is 0. The largest absolute Gasteiger partial charge is 0.405 e. The molecular formula is C10H21N3. The molecule has 13 heavy (non-hydrogen) atoms. The van der Waals surface area contributed by atoms with Crippen molar-refractivity contribution in [2.24, 2.45) is 11.5 Å². The Morgan fingerprint density at radius 1 is 1.38 bits per heavy atom. The van der Waals surface area contributed by atoms with E-state index in [1.54, 1.807) is 6.20 Å². The van der Waals surface area contributed by atoms with E-state index in [2.05, 4.69) is 11.9 Å². The summed E-state index contributed by atoms with van der Waals surface area (Å²) in [5.41, 5.74) is 13.2. The third-order valence-electron chi connectivity index (χ3n) is 1.91. The predicted octanol–water partition coefficient (Wildman–Crippen LogP) is 1.03. The number of hydrogen-bond acceptors (Lipinski definition) is 3. The lowest BCUT2D eigenvalue weighted by Gasteiger charge is -2.24. The normalized spacial score (nSPS) is 18.7. The van der Waals surface area contributed by atoms with E-state index >= 15 is 0 Å². The molecule has 0 aromatic carbocycles. The summed E-state index contributed by atoms with van der Waals surface area (Å²) < 4.78 is 0. The van der Waals surface area contributed by atoms with Gasteiger partial charge in [-0.1, -0.05) is 13.8 Å². The number of rotatable bonds is 1. The van der Waals surface area contributed by atoms with Crippen molar-refractivity contribution in [1.82, 2.24) is 4.90 Å². The van der Waals surface area contributed by atoms with E-state index in [1.807, 2.05) is 19.9 Å². The van der Waals surface area contributed by atoms with Gasteiger partial charge in [0.25, 0.3) is 0 Å². The number of nitrogens with two attached hydrogens (primary N) is 2. The molecule has 0 saturated carbocycles. The van der Waals surface area contributed by atoms with Gasteiger partial charge in [-0.3, -0.25) is 0 Å². The minimum absolute atomic E-state index is 0.916. The first-order valence-electron chi connectivity index (χ1n) is 4.78. The van der Waals surface area contributed by atoms with Crippen molar-refractivity contribution in [3.63, 3.8) is 0 Å². The van der Waals surface area contributed by atoms with Crippen molar-refractivity contribution in [1.29, 1.82) is 0 Å². The molecule has 3 heteroatoms. The maximum absolute atomic E-state index is 5.77. The molecule has 0 saturated heterocycles. The van der Waals surface area contributed by atoms with E-state index in [0.29, 0.717) is 0 Å². The van der Waals surface area contributed by atoms with Gasteiger partial charge < -0.3 is 16.4 Å². The van der Waals surface area contributed by atoms with E-state index in [9.17, 15) is 0 Å². The van der Waals surface area contributed by atoms with Crippen molar-refractivity contribution in [2.75, 3.05) is 20.1 Å². The van der Waals surface area contributed by atoms with Gasteiger partial charge in [0.15, 0.2) is 0 Å². The Hall–Kier alpha value is -0.960. The molecule has 0 spiro atoms. The second-order valence-electron chi connectivity index (χ2n) is 2.90. The Balaban J connectivity index is 0.000000671. The molecule has 4 N–H and O–H groups in total. The van der Waals surface area contributed by atoms with Gasteiger partial charge in [0.2, 0.25) is 0 Å². The van der Waals surface area contributed by atoms with Gasteiger partial charge in [-0.25, -0.2) is 0 Å². The molecule has 0 bridgehead atoms. The lowest BCUT2D eigenvalue weighted by molar-refractivity contribution is 0.350. The maximum atomic E-state index is 5.77. The molecule has 0 unspecified atom stereocenters. The molecule has 3 nitrogen and oxygen atoms in total. The van der Waals surface area contributed by atoms with Gasteiger partial charge in [0, 0.05) is 18.8 Å². The molecular weight excluding hydrogens is 162 g/mol. The second kappa shape index (κ2) is 6.54. The third-order valence-corrected chi connectivity index (χ3v) is 1.91. The van der Waals surface area contributed by atoms with Crippen LogP contribution in [0.25, 0.3) is 0 Å². The molecule has 0 aliphatic carbocycles. The Morgan fingerprint density at radius 2 is 2.00 bits per heavy atom. The summed E-state index contributed by atoms with van der Waals surface area (Å²) in [6.45, 7) is 5.97. The van der Waals surface area contributed by atoms with Crippen LogP contribution in [0.3, 0.4) is 0 Å². The second-order valence-corrected chi connectivity index (χ2v) is 2.90. The quantitative estimate of drug-likeness (QED) is 0.638. The molecule has 1 heterocycles. The molecule has 1 rings (SSSR count). The highest BCUT2D eigenvalue weighted by molar-refractivity contribution is 5.27. The Labute approximate surface area is 81.1 Å². The Bertz CT molecular complexity index is 194. The SMILES string of the molecule is CC.CN1CCC(N)=C(/C=C\N)C1. The van der Waals surface area contributed by atoms with Crippen LogP contribution in [0.15, 0.2) is 23.5 Å². The van der Waals surface area contributed by atoms with E-state index in [4.69, 9.17) is 11.5 Å². The zero-order valence-electron chi connectivity index (χ0n) is 8.88. The van der Waals surface area contributed by atoms with Crippen molar-refractivity contribution in [3.8, 4) is 0 Å². The summed E-state index contributed by atoms with van der Waals surface area (Å²) in [4.78, 5) is 2.23. The molecule has 0 fully saturated rings. The summed E-state index contributed by atoms with van der Waals surface area (Å²) in [7, 11) is 2.08. The lowest BCUT2D eigenvalue weighted by Crippen LogP contribution is -2.29. The van der Waals surface area contributed by atoms with Crippen LogP contribution in [-0.2, 0) is 0 Å². The first kappa shape index (κ1) is 12.0. The van der Waals surface area contributed by atoms with Crippen molar-refractivity contribution in [2.45, 2.75) is 20.3 Å². The summed E-state index contributed by atoms with van der Waals surface area (Å²) in [6.07, 6.45) is 4.38. The average molecular weight is 183 g/mol. The van der Waals surface area contributed by atoms with E-state index in [0.717, 1.165) is 30.8 Å². The summed E-state index contributed by atoms with van der Waals surface area (Å²) >= 11 is 0. The van der Waals surface area contributed by atoms with Crippen molar-refractivity contribution in [3.05, 3.63) is 23.5 Å². The van der Waals surface area contributed by atoms with Crippen molar-refractivity contribution < 1.29 is 0 Å². The molecule has 76 valence electrons. The first-order valence-corrected chi connectivity index (χ1v) is 4.78. The van der Waals surface area contributed by atoms with Crippen molar-refractivity contribution >= 4 is 0 Å². The van der Waals surface area contributed by atoms with Crippen LogP contribution < -0.4 is 11.5 Å². The number of likely N-dealkylation sites (N-methyl/N-ethyl adjacent to an activating group) is 1. The lowest BCUT2D eigenvalue weighted by atomic mass is 10.1. The van der Waals surface area contributed by atoms with Gasteiger partial charge in [0.1, 0.15) is 0 Å². The minimum atomic E-state index is 0.916. The first-order chi connectivity index (χ1) is 6.24. The zero-order valence-corrected chi connectivity index (χ0v) is 8.88. The highest BCUT2D eigenvalue weighted by atomic mass is 15.1. The fraction of sp³-hybridized carbons (Fsp3) is 0.600. The molecule has 1 aliphatic heterocycles. The predicted molar refractivity (Wildman–Crippen MR) is 58.0 cm³/mol. The molecule has 0 radical (unpaired) electrons. The Kier molecular flexibility index (Phi) is 6.06. The van der Waals surface area contributed by atoms with Crippen LogP contribution in [0.4, 0.5) is 0 Å². The maximum Gasteiger partial charge on any atom is 0.0248 e. The van der Waals surface area contributed by atoms with Crippen LogP contribution in [0.5, 0.6) is 0 Å². The van der Waals surface area contributed by atoms with E-state index in [-0.39, 0.29) is 0 Å². The van der Waals surface area contributed by atoms with Gasteiger partial charge in [-0.15, -0.1) is 0 Å². The van der Waals surface area contributed by atoms with Gasteiger partial charge in [-0.2, -0.15) is 0 Å². The number of nitrogens with zero attached hydrogens (tertiary/aromatic N) is 1. The van der Waals surface area contributed by atoms with E-state index < -0.39 is 0 Å². The molecule has 0 atom stereocenters. The van der Waals surface area contributed by atoms with Crippen LogP contribution in [0, 0.1) is 0 Å². The third kappa shape index (κ3) is 3.99. The fourth-order valence-electron chi connectivity index (χ4n) is 1.22. The molecule has 0 amide bonds. The summed E-state index contributed by atoms with van der Waals surface area (Å²) in [5.74, 6) is 0. The topological polar surface area (TPSA) is 55.3 Å². The highest BCUT2D eigenvalue weighted by Crippen LogP contribution is 2.12. The smallest absolute Gasteiger partial charge is 0.0248 e. The number of hydrogen-bond donors (Lipinski definition) is 2. The van der Waals surface area contributed by atoms with Crippen LogP contribution in [-0.4, -0.2) is 25.0 Å². The molecule has 0 aromatic heterocycles. The zero-order chi connectivity index (χ0) is 10.3. The standard InChI is InChI=1S/C8H15N3.C2H6/c1-11-5-3-8(10)7(6-11)2-4-9;1-2/h2,4H,3,5-6,9-10H2,1H3;1-2H3/b4-2-;. The van der Waals surface area contributed by atoms with Crippen LogP contribution in [0.1, 0.15) is 20.3 Å². The monoisotopic (exact) mass is 183 g/mol. The molecule has 0 aromatic rings. The van der Waals surface area contributed by atoms with Gasteiger partial charge in [-0.05, 0) is 31.3 Å². The minimum Gasteiger partial charge on any atom is -0.405 e. The van der Waals surface area contributed by atoms with Crippen LogP contribution in [0.2, 0.25) is 0 Å². The van der Waals surface area contributed by atoms with Crippen LogP contribution >= 0.6 is 0 Å². The van der Waals surface area contributed by atoms with Gasteiger partial charge in [0.05, 0.1) is 0 Å².